The number of nitrogens with one attached hydrogen (secondary N) is 3. The van der Waals surface area contributed by atoms with Gasteiger partial charge in [0.2, 0.25) is 5.91 Å². The predicted octanol–water partition coefficient (Wildman–Crippen LogP) is -0.271. The Morgan fingerprint density at radius 3 is 2.51 bits per heavy atom. The molecule has 206 valence electrons. The van der Waals surface area contributed by atoms with E-state index in [-0.39, 0.29) is 62.4 Å². The van der Waals surface area contributed by atoms with E-state index < -0.39 is 17.2 Å². The summed E-state index contributed by atoms with van der Waals surface area (Å²) >= 11 is 0. The first kappa shape index (κ1) is 30.8. The SMILES string of the molecule is [2H]CC(CC(=O)Cc1ccccc1)SSC(CNCC(N)=O)C(=O)CNCN[C@H](C=O)CCCN=C(N)N. The normalized spacial score (nSPS) is 13.7. The summed E-state index contributed by atoms with van der Waals surface area (Å²) in [6.07, 6.45) is 2.49. The van der Waals surface area contributed by atoms with Crippen LogP contribution in [0.5, 0.6) is 0 Å². The lowest BCUT2D eigenvalue weighted by Crippen LogP contribution is -2.43. The Bertz CT molecular complexity index is 892. The van der Waals surface area contributed by atoms with Gasteiger partial charge in [-0.15, -0.1) is 0 Å². The van der Waals surface area contributed by atoms with Gasteiger partial charge in [0.25, 0.3) is 0 Å². The first-order valence-electron chi connectivity index (χ1n) is 12.6. The van der Waals surface area contributed by atoms with Gasteiger partial charge < -0.3 is 27.3 Å². The van der Waals surface area contributed by atoms with Gasteiger partial charge in [-0.3, -0.25) is 30.0 Å². The number of rotatable bonds is 22. The predicted molar refractivity (Wildman–Crippen MR) is 151 cm³/mol. The second-order valence-corrected chi connectivity index (χ2v) is 11.0. The van der Waals surface area contributed by atoms with Crippen LogP contribution in [0.4, 0.5) is 0 Å². The molecule has 0 aromatic heterocycles. The molecule has 11 nitrogen and oxygen atoms in total. The van der Waals surface area contributed by atoms with Gasteiger partial charge in [-0.2, -0.15) is 0 Å². The van der Waals surface area contributed by atoms with Gasteiger partial charge in [0.05, 0.1) is 24.4 Å². The van der Waals surface area contributed by atoms with Crippen molar-refractivity contribution in [3.05, 3.63) is 35.9 Å². The molecule has 13 heteroatoms. The lowest BCUT2D eigenvalue weighted by molar-refractivity contribution is -0.119. The second kappa shape index (κ2) is 19.6. The highest BCUT2D eigenvalue weighted by Crippen LogP contribution is 2.33. The molecule has 9 N–H and O–H groups in total. The highest BCUT2D eigenvalue weighted by molar-refractivity contribution is 8.77. The van der Waals surface area contributed by atoms with E-state index >= 15 is 0 Å². The molecular formula is C24H39N7O4S2. The molecule has 1 aromatic rings. The molecule has 0 heterocycles. The van der Waals surface area contributed by atoms with Crippen LogP contribution in [0.15, 0.2) is 35.3 Å². The molecule has 2 unspecified atom stereocenters. The van der Waals surface area contributed by atoms with E-state index in [2.05, 4.69) is 20.9 Å². The van der Waals surface area contributed by atoms with Crippen LogP contribution in [0.2, 0.25) is 0 Å². The number of amides is 1. The first-order valence-corrected chi connectivity index (χ1v) is 14.2. The lowest BCUT2D eigenvalue weighted by Gasteiger charge is -2.19. The van der Waals surface area contributed by atoms with Crippen LogP contribution >= 0.6 is 21.6 Å². The molecule has 0 radical (unpaired) electrons. The fourth-order valence-corrected chi connectivity index (χ4v) is 5.62. The monoisotopic (exact) mass is 554 g/mol. The van der Waals surface area contributed by atoms with Crippen molar-refractivity contribution in [3.63, 3.8) is 0 Å². The van der Waals surface area contributed by atoms with Crippen molar-refractivity contribution in [3.8, 4) is 0 Å². The third kappa shape index (κ3) is 16.8. The van der Waals surface area contributed by atoms with Gasteiger partial charge in [-0.1, -0.05) is 58.8 Å². The summed E-state index contributed by atoms with van der Waals surface area (Å²) in [4.78, 5) is 51.6. The van der Waals surface area contributed by atoms with Crippen molar-refractivity contribution in [2.24, 2.45) is 22.2 Å². The number of aliphatic imine (C=N–C) groups is 1. The van der Waals surface area contributed by atoms with Gasteiger partial charge in [0.1, 0.15) is 12.1 Å². The van der Waals surface area contributed by atoms with E-state index in [1.807, 2.05) is 30.3 Å². The topological polar surface area (TPSA) is 195 Å². The van der Waals surface area contributed by atoms with Crippen LogP contribution in [-0.4, -0.2) is 79.1 Å². The lowest BCUT2D eigenvalue weighted by atomic mass is 10.1. The van der Waals surface area contributed by atoms with Gasteiger partial charge in [0.15, 0.2) is 11.7 Å². The average Bonchev–Trinajstić information content (AvgIpc) is 2.88. The Morgan fingerprint density at radius 1 is 1.11 bits per heavy atom. The molecule has 0 bridgehead atoms. The van der Waals surface area contributed by atoms with Crippen molar-refractivity contribution in [1.82, 2.24) is 16.0 Å². The maximum atomic E-state index is 12.9. The fourth-order valence-electron chi connectivity index (χ4n) is 3.10. The van der Waals surface area contributed by atoms with Crippen molar-refractivity contribution >= 4 is 51.3 Å². The van der Waals surface area contributed by atoms with Crippen LogP contribution in [-0.2, 0) is 25.6 Å². The number of hydrogen-bond acceptors (Lipinski definition) is 10. The Kier molecular flexibility index (Phi) is 16.3. The molecule has 37 heavy (non-hydrogen) atoms. The zero-order valence-electron chi connectivity index (χ0n) is 21.9. The van der Waals surface area contributed by atoms with Crippen molar-refractivity contribution in [2.45, 2.75) is 49.1 Å². The van der Waals surface area contributed by atoms with E-state index in [0.29, 0.717) is 25.8 Å². The summed E-state index contributed by atoms with van der Waals surface area (Å²) in [6.45, 7) is 0.862. The highest BCUT2D eigenvalue weighted by Gasteiger charge is 2.21. The average molecular weight is 555 g/mol. The molecule has 1 aromatic carbocycles. The Morgan fingerprint density at radius 2 is 1.86 bits per heavy atom. The van der Waals surface area contributed by atoms with Crippen LogP contribution < -0.4 is 33.2 Å². The van der Waals surface area contributed by atoms with Crippen LogP contribution in [0.1, 0.15) is 33.1 Å². The van der Waals surface area contributed by atoms with Gasteiger partial charge in [-0.05, 0) is 18.4 Å². The van der Waals surface area contributed by atoms with E-state index in [1.165, 1.54) is 21.6 Å². The third-order valence-electron chi connectivity index (χ3n) is 4.92. The Hall–Kier alpha value is -2.45. The number of hydrogen-bond donors (Lipinski definition) is 6. The minimum absolute atomic E-state index is 0.00419. The number of Topliss-reactive ketones (excluding diaryl/α,β-unsaturated/α-hetero) is 2. The summed E-state index contributed by atoms with van der Waals surface area (Å²) in [5, 5.41) is 8.06. The maximum absolute atomic E-state index is 12.9. The molecule has 1 rings (SSSR count). The van der Waals surface area contributed by atoms with E-state index in [0.717, 1.165) is 11.8 Å². The summed E-state index contributed by atoms with van der Waals surface area (Å²) in [5.41, 5.74) is 16.7. The summed E-state index contributed by atoms with van der Waals surface area (Å²) in [6, 6.07) is 9.01. The molecule has 0 aliphatic carbocycles. The van der Waals surface area contributed by atoms with Crippen LogP contribution in [0.25, 0.3) is 0 Å². The summed E-state index contributed by atoms with van der Waals surface area (Å²) < 4.78 is 7.84. The smallest absolute Gasteiger partial charge is 0.231 e. The molecule has 0 aliphatic rings. The van der Waals surface area contributed by atoms with Gasteiger partial charge in [-0.25, -0.2) is 0 Å². The molecule has 0 saturated heterocycles. The van der Waals surface area contributed by atoms with Gasteiger partial charge in [0, 0.05) is 39.2 Å². The van der Waals surface area contributed by atoms with Crippen molar-refractivity contribution < 1.29 is 20.5 Å². The second-order valence-electron chi connectivity index (χ2n) is 8.27. The van der Waals surface area contributed by atoms with Crippen molar-refractivity contribution in [2.75, 3.05) is 32.8 Å². The molecular weight excluding hydrogens is 514 g/mol. The number of ketones is 2. The number of guanidine groups is 1. The number of aldehydes is 1. The maximum Gasteiger partial charge on any atom is 0.231 e. The number of carbonyl (C=O) groups is 4. The van der Waals surface area contributed by atoms with E-state index in [4.69, 9.17) is 18.6 Å². The Labute approximate surface area is 227 Å². The summed E-state index contributed by atoms with van der Waals surface area (Å²) in [7, 11) is 2.61. The molecule has 0 saturated carbocycles. The third-order valence-corrected chi connectivity index (χ3v) is 7.97. The molecule has 0 spiro atoms. The molecule has 1 amide bonds. The van der Waals surface area contributed by atoms with Crippen molar-refractivity contribution in [1.29, 1.82) is 0 Å². The first-order chi connectivity index (χ1) is 18.2. The number of nitrogens with zero attached hydrogens (tertiary/aromatic N) is 1. The zero-order chi connectivity index (χ0) is 28.2. The standard InChI is InChI=1S/C24H39N7O4S2/c1-17(10-20(33)11-18-6-3-2-4-7-18)36-37-22(13-28-14-23(25)35)21(34)12-29-16-31-19(15-32)8-5-9-30-24(26)27/h2-4,6-7,15,17,19,22,28-29,31H,5,8-14,16H2,1H3,(H2,25,35)(H4,26,27,30)/t17?,19-,22?/m0/s1/i1D. The highest BCUT2D eigenvalue weighted by atomic mass is 33.1. The largest absolute Gasteiger partial charge is 0.370 e. The molecule has 0 fully saturated rings. The molecule has 3 atom stereocenters. The zero-order valence-corrected chi connectivity index (χ0v) is 22.5. The van der Waals surface area contributed by atoms with Crippen LogP contribution in [0, 0.1) is 0 Å². The van der Waals surface area contributed by atoms with E-state index in [9.17, 15) is 19.2 Å². The number of benzene rings is 1. The summed E-state index contributed by atoms with van der Waals surface area (Å²) in [5.74, 6) is -0.626. The fraction of sp³-hybridized carbons (Fsp3) is 0.542. The number of nitrogens with two attached hydrogens (primary N) is 3. The minimum Gasteiger partial charge on any atom is -0.370 e. The van der Waals surface area contributed by atoms with E-state index in [1.54, 1.807) is 0 Å². The van der Waals surface area contributed by atoms with Gasteiger partial charge >= 0.3 is 0 Å². The quantitative estimate of drug-likeness (QED) is 0.0276. The number of primary amides is 1. The Balaban J connectivity index is 2.52. The minimum atomic E-state index is -0.536. The molecule has 0 aliphatic heterocycles. The van der Waals surface area contributed by atoms with Crippen LogP contribution in [0.3, 0.4) is 0 Å². The number of carbonyl (C=O) groups excluding carboxylic acids is 4.